The first-order valence-corrected chi connectivity index (χ1v) is 5.67. The van der Waals surface area contributed by atoms with Crippen LogP contribution in [0.3, 0.4) is 0 Å². The van der Waals surface area contributed by atoms with Gasteiger partial charge in [-0.2, -0.15) is 0 Å². The summed E-state index contributed by atoms with van der Waals surface area (Å²) in [6.45, 7) is 10.6. The van der Waals surface area contributed by atoms with Gasteiger partial charge in [0.05, 0.1) is 18.9 Å². The summed E-state index contributed by atoms with van der Waals surface area (Å²) in [4.78, 5) is 6.75. The Balaban J connectivity index is 2.05. The highest BCUT2D eigenvalue weighted by atomic mass is 16.5. The van der Waals surface area contributed by atoms with Crippen molar-refractivity contribution < 1.29 is 4.74 Å². The predicted molar refractivity (Wildman–Crippen MR) is 65.2 cm³/mol. The fraction of sp³-hybridized carbons (Fsp3) is 0.462. The molecule has 0 unspecified atom stereocenters. The van der Waals surface area contributed by atoms with Crippen molar-refractivity contribution in [3.63, 3.8) is 0 Å². The molecule has 86 valence electrons. The second-order valence-corrected chi connectivity index (χ2v) is 4.13. The smallest absolute Gasteiger partial charge is 0.0626 e. The largest absolute Gasteiger partial charge is 0.379 e. The molecule has 3 nitrogen and oxygen atoms in total. The Bertz CT molecular complexity index is 370. The lowest BCUT2D eigenvalue weighted by Crippen LogP contribution is -2.35. The Hall–Kier alpha value is -1.19. The Kier molecular flexibility index (Phi) is 3.70. The summed E-state index contributed by atoms with van der Waals surface area (Å²) in [7, 11) is 0. The van der Waals surface area contributed by atoms with E-state index in [0.29, 0.717) is 0 Å². The third-order valence-electron chi connectivity index (χ3n) is 2.95. The molecule has 1 aliphatic heterocycles. The SMILES string of the molecule is C=Cc1cc(C)c(CN2CCOCC2)cn1. The van der Waals surface area contributed by atoms with Crippen molar-refractivity contribution in [1.82, 2.24) is 9.88 Å². The van der Waals surface area contributed by atoms with Crippen molar-refractivity contribution in [3.05, 3.63) is 35.7 Å². The van der Waals surface area contributed by atoms with Crippen molar-refractivity contribution >= 4 is 6.08 Å². The van der Waals surface area contributed by atoms with Gasteiger partial charge < -0.3 is 4.74 Å². The van der Waals surface area contributed by atoms with E-state index < -0.39 is 0 Å². The van der Waals surface area contributed by atoms with Crippen LogP contribution in [0, 0.1) is 6.92 Å². The fourth-order valence-corrected chi connectivity index (χ4v) is 1.88. The molecule has 0 radical (unpaired) electrons. The molecular weight excluding hydrogens is 200 g/mol. The van der Waals surface area contributed by atoms with Crippen LogP contribution in [0.5, 0.6) is 0 Å². The van der Waals surface area contributed by atoms with E-state index >= 15 is 0 Å². The molecule has 1 aromatic heterocycles. The van der Waals surface area contributed by atoms with Gasteiger partial charge in [-0.3, -0.25) is 9.88 Å². The fourth-order valence-electron chi connectivity index (χ4n) is 1.88. The summed E-state index contributed by atoms with van der Waals surface area (Å²) in [6.07, 6.45) is 3.74. The lowest BCUT2D eigenvalue weighted by atomic mass is 10.1. The molecule has 1 aromatic rings. The van der Waals surface area contributed by atoms with Crippen LogP contribution in [0.2, 0.25) is 0 Å². The molecule has 0 aliphatic carbocycles. The van der Waals surface area contributed by atoms with Crippen LogP contribution in [0.1, 0.15) is 16.8 Å². The van der Waals surface area contributed by atoms with Crippen LogP contribution in [-0.2, 0) is 11.3 Å². The van der Waals surface area contributed by atoms with Crippen molar-refractivity contribution in [2.75, 3.05) is 26.3 Å². The topological polar surface area (TPSA) is 25.4 Å². The molecule has 1 saturated heterocycles. The molecule has 0 atom stereocenters. The number of aromatic nitrogens is 1. The minimum Gasteiger partial charge on any atom is -0.379 e. The van der Waals surface area contributed by atoms with Gasteiger partial charge in [-0.05, 0) is 30.2 Å². The summed E-state index contributed by atoms with van der Waals surface area (Å²) >= 11 is 0. The molecule has 0 N–H and O–H groups in total. The quantitative estimate of drug-likeness (QED) is 0.774. The van der Waals surface area contributed by atoms with Crippen LogP contribution in [0.4, 0.5) is 0 Å². The molecule has 0 spiro atoms. The number of nitrogens with zero attached hydrogens (tertiary/aromatic N) is 2. The Morgan fingerprint density at radius 1 is 1.50 bits per heavy atom. The number of hydrogen-bond acceptors (Lipinski definition) is 3. The molecule has 1 aliphatic rings. The molecule has 16 heavy (non-hydrogen) atoms. The summed E-state index contributed by atoms with van der Waals surface area (Å²) in [5.74, 6) is 0. The number of pyridine rings is 1. The van der Waals surface area contributed by atoms with Crippen molar-refractivity contribution in [1.29, 1.82) is 0 Å². The number of hydrogen-bond donors (Lipinski definition) is 0. The zero-order valence-electron chi connectivity index (χ0n) is 9.78. The summed E-state index contributed by atoms with van der Waals surface area (Å²) in [5.41, 5.74) is 3.53. The number of ether oxygens (including phenoxy) is 1. The van der Waals surface area contributed by atoms with Crippen molar-refractivity contribution in [3.8, 4) is 0 Å². The minimum absolute atomic E-state index is 0.844. The highest BCUT2D eigenvalue weighted by Crippen LogP contribution is 2.12. The predicted octanol–water partition coefficient (Wildman–Crippen LogP) is 1.87. The monoisotopic (exact) mass is 218 g/mol. The second-order valence-electron chi connectivity index (χ2n) is 4.13. The van der Waals surface area contributed by atoms with E-state index in [1.54, 1.807) is 6.08 Å². The first-order valence-electron chi connectivity index (χ1n) is 5.67. The number of aryl methyl sites for hydroxylation is 1. The highest BCUT2D eigenvalue weighted by Gasteiger charge is 2.11. The molecule has 0 saturated carbocycles. The van der Waals surface area contributed by atoms with Gasteiger partial charge in [0, 0.05) is 25.8 Å². The van der Waals surface area contributed by atoms with Crippen LogP contribution >= 0.6 is 0 Å². The average molecular weight is 218 g/mol. The maximum absolute atomic E-state index is 5.33. The zero-order chi connectivity index (χ0) is 11.4. The molecule has 2 rings (SSSR count). The first-order chi connectivity index (χ1) is 7.79. The zero-order valence-corrected chi connectivity index (χ0v) is 9.78. The van der Waals surface area contributed by atoms with Crippen molar-refractivity contribution in [2.24, 2.45) is 0 Å². The van der Waals surface area contributed by atoms with Crippen LogP contribution < -0.4 is 0 Å². The maximum Gasteiger partial charge on any atom is 0.0626 e. The van der Waals surface area contributed by atoms with Crippen LogP contribution in [0.25, 0.3) is 6.08 Å². The van der Waals surface area contributed by atoms with E-state index in [-0.39, 0.29) is 0 Å². The van der Waals surface area contributed by atoms with Crippen LogP contribution in [0.15, 0.2) is 18.8 Å². The van der Waals surface area contributed by atoms with Crippen molar-refractivity contribution in [2.45, 2.75) is 13.5 Å². The summed E-state index contributed by atoms with van der Waals surface area (Å²) in [5, 5.41) is 0. The van der Waals surface area contributed by atoms with E-state index in [2.05, 4.69) is 29.5 Å². The van der Waals surface area contributed by atoms with Gasteiger partial charge in [0.2, 0.25) is 0 Å². The molecule has 3 heteroatoms. The van der Waals surface area contributed by atoms with Crippen LogP contribution in [-0.4, -0.2) is 36.2 Å². The highest BCUT2D eigenvalue weighted by molar-refractivity contribution is 5.44. The van der Waals surface area contributed by atoms with Gasteiger partial charge in [-0.25, -0.2) is 0 Å². The maximum atomic E-state index is 5.33. The molecular formula is C13H18N2O. The van der Waals surface area contributed by atoms with Gasteiger partial charge in [0.25, 0.3) is 0 Å². The Labute approximate surface area is 96.7 Å². The molecule has 1 fully saturated rings. The third-order valence-corrected chi connectivity index (χ3v) is 2.95. The second kappa shape index (κ2) is 5.23. The van der Waals surface area contributed by atoms with E-state index in [0.717, 1.165) is 38.5 Å². The lowest BCUT2D eigenvalue weighted by molar-refractivity contribution is 0.0340. The summed E-state index contributed by atoms with van der Waals surface area (Å²) < 4.78 is 5.33. The number of morpholine rings is 1. The molecule has 0 bridgehead atoms. The average Bonchev–Trinajstić information content (AvgIpc) is 2.33. The van der Waals surface area contributed by atoms with Gasteiger partial charge in [0.15, 0.2) is 0 Å². The van der Waals surface area contributed by atoms with E-state index in [1.807, 2.05) is 6.20 Å². The number of rotatable bonds is 3. The van der Waals surface area contributed by atoms with Gasteiger partial charge >= 0.3 is 0 Å². The first kappa shape index (κ1) is 11.3. The van der Waals surface area contributed by atoms with E-state index in [4.69, 9.17) is 4.74 Å². The standard InChI is InChI=1S/C13H18N2O/c1-3-13-8-11(2)12(9-14-13)10-15-4-6-16-7-5-15/h3,8-9H,1,4-7,10H2,2H3. The molecule has 0 aromatic carbocycles. The van der Waals surface area contributed by atoms with E-state index in [1.165, 1.54) is 11.1 Å². The van der Waals surface area contributed by atoms with Gasteiger partial charge in [-0.1, -0.05) is 6.58 Å². The molecule has 2 heterocycles. The van der Waals surface area contributed by atoms with Gasteiger partial charge in [0.1, 0.15) is 0 Å². The normalized spacial score (nSPS) is 17.3. The lowest BCUT2D eigenvalue weighted by Gasteiger charge is -2.27. The minimum atomic E-state index is 0.844. The Morgan fingerprint density at radius 2 is 2.25 bits per heavy atom. The van der Waals surface area contributed by atoms with E-state index in [9.17, 15) is 0 Å². The Morgan fingerprint density at radius 3 is 2.88 bits per heavy atom. The third kappa shape index (κ3) is 2.68. The summed E-state index contributed by atoms with van der Waals surface area (Å²) in [6, 6.07) is 2.09. The van der Waals surface area contributed by atoms with Gasteiger partial charge in [-0.15, -0.1) is 0 Å². The molecule has 0 amide bonds.